The van der Waals surface area contributed by atoms with Gasteiger partial charge in [0.15, 0.2) is 0 Å². The van der Waals surface area contributed by atoms with Crippen LogP contribution < -0.4 is 11.1 Å². The number of amides is 2. The van der Waals surface area contributed by atoms with Crippen molar-refractivity contribution in [2.24, 2.45) is 11.7 Å². The number of likely N-dealkylation sites (N-methyl/N-ethyl adjacent to an activating group) is 1. The minimum absolute atomic E-state index is 0. The maximum atomic E-state index is 12.1. The lowest BCUT2D eigenvalue weighted by Gasteiger charge is -2.21. The maximum absolute atomic E-state index is 12.1. The molecule has 1 unspecified atom stereocenters. The lowest BCUT2D eigenvalue weighted by Crippen LogP contribution is -2.42. The first-order valence-corrected chi connectivity index (χ1v) is 6.88. The molecule has 0 saturated heterocycles. The fourth-order valence-corrected chi connectivity index (χ4v) is 1.74. The number of nitrogens with one attached hydrogen (secondary N) is 1. The van der Waals surface area contributed by atoms with Crippen LogP contribution in [0.4, 0.5) is 0 Å². The average molecular weight is 314 g/mol. The summed E-state index contributed by atoms with van der Waals surface area (Å²) in [4.78, 5) is 25.4. The molecule has 0 saturated carbocycles. The van der Waals surface area contributed by atoms with Gasteiger partial charge in [-0.15, -0.1) is 12.4 Å². The average Bonchev–Trinajstić information content (AvgIpc) is 2.49. The van der Waals surface area contributed by atoms with Crippen LogP contribution in [-0.4, -0.2) is 36.3 Å². The zero-order valence-electron chi connectivity index (χ0n) is 12.5. The Morgan fingerprint density at radius 1 is 1.29 bits per heavy atom. The first kappa shape index (κ1) is 19.4. The molecular weight excluding hydrogens is 290 g/mol. The van der Waals surface area contributed by atoms with Gasteiger partial charge in [0.1, 0.15) is 0 Å². The molecular formula is C15H24ClN3O2. The van der Waals surface area contributed by atoms with Gasteiger partial charge in [-0.05, 0) is 12.5 Å². The van der Waals surface area contributed by atoms with Crippen LogP contribution in [0.5, 0.6) is 0 Å². The molecule has 1 aromatic carbocycles. The lowest BCUT2D eigenvalue weighted by atomic mass is 10.1. The second kappa shape index (κ2) is 10.2. The molecule has 3 N–H and O–H groups in total. The van der Waals surface area contributed by atoms with Gasteiger partial charge in [-0.2, -0.15) is 0 Å². The van der Waals surface area contributed by atoms with E-state index in [-0.39, 0.29) is 43.2 Å². The topological polar surface area (TPSA) is 75.4 Å². The number of nitrogens with two attached hydrogens (primary N) is 1. The summed E-state index contributed by atoms with van der Waals surface area (Å²) in [5.74, 6) is -0.544. The van der Waals surface area contributed by atoms with Gasteiger partial charge >= 0.3 is 0 Å². The van der Waals surface area contributed by atoms with Crippen molar-refractivity contribution in [1.29, 1.82) is 0 Å². The Labute approximate surface area is 132 Å². The van der Waals surface area contributed by atoms with Crippen LogP contribution in [0.3, 0.4) is 0 Å². The van der Waals surface area contributed by atoms with Gasteiger partial charge < -0.3 is 16.0 Å². The van der Waals surface area contributed by atoms with E-state index in [9.17, 15) is 9.59 Å². The Balaban J connectivity index is 0.00000400. The van der Waals surface area contributed by atoms with E-state index in [1.807, 2.05) is 37.3 Å². The first-order valence-electron chi connectivity index (χ1n) is 6.88. The van der Waals surface area contributed by atoms with Crippen LogP contribution in [0.25, 0.3) is 0 Å². The highest BCUT2D eigenvalue weighted by Crippen LogP contribution is 2.04. The molecule has 0 aliphatic heterocycles. The molecule has 2 amide bonds. The quantitative estimate of drug-likeness (QED) is 0.793. The van der Waals surface area contributed by atoms with Gasteiger partial charge in [0, 0.05) is 25.6 Å². The van der Waals surface area contributed by atoms with Gasteiger partial charge in [0.2, 0.25) is 11.8 Å². The number of rotatable bonds is 7. The van der Waals surface area contributed by atoms with E-state index in [2.05, 4.69) is 5.32 Å². The van der Waals surface area contributed by atoms with Crippen LogP contribution in [0.2, 0.25) is 0 Å². The van der Waals surface area contributed by atoms with Gasteiger partial charge in [0.05, 0.1) is 6.54 Å². The predicted molar refractivity (Wildman–Crippen MR) is 86.0 cm³/mol. The summed E-state index contributed by atoms with van der Waals surface area (Å²) in [5, 5.41) is 2.62. The van der Waals surface area contributed by atoms with Crippen LogP contribution in [0.1, 0.15) is 19.4 Å². The molecule has 0 bridgehead atoms. The maximum Gasteiger partial charge on any atom is 0.242 e. The summed E-state index contributed by atoms with van der Waals surface area (Å²) in [7, 11) is 0. The predicted octanol–water partition coefficient (Wildman–Crippen LogP) is 1.17. The Kier molecular flexibility index (Phi) is 9.41. The minimum atomic E-state index is -0.271. The van der Waals surface area contributed by atoms with E-state index >= 15 is 0 Å². The molecule has 0 aromatic heterocycles. The van der Waals surface area contributed by atoms with Crippen molar-refractivity contribution < 1.29 is 9.59 Å². The first-order chi connectivity index (χ1) is 9.58. The highest BCUT2D eigenvalue weighted by atomic mass is 35.5. The van der Waals surface area contributed by atoms with Crippen molar-refractivity contribution in [3.63, 3.8) is 0 Å². The molecule has 0 spiro atoms. The van der Waals surface area contributed by atoms with Gasteiger partial charge in [0.25, 0.3) is 0 Å². The third-order valence-corrected chi connectivity index (χ3v) is 3.17. The minimum Gasteiger partial charge on any atom is -0.347 e. The highest BCUT2D eigenvalue weighted by molar-refractivity contribution is 5.86. The Bertz CT molecular complexity index is 440. The van der Waals surface area contributed by atoms with Crippen LogP contribution in [0.15, 0.2) is 30.3 Å². The second-order valence-electron chi connectivity index (χ2n) is 4.75. The number of carbonyl (C=O) groups excluding carboxylic acids is 2. The third kappa shape index (κ3) is 6.60. The van der Waals surface area contributed by atoms with Crippen molar-refractivity contribution >= 4 is 24.2 Å². The zero-order valence-corrected chi connectivity index (χ0v) is 13.4. The molecule has 0 aliphatic carbocycles. The normalized spacial score (nSPS) is 11.2. The molecule has 1 atom stereocenters. The summed E-state index contributed by atoms with van der Waals surface area (Å²) >= 11 is 0. The SMILES string of the molecule is CCN(Cc1ccccc1)C(=O)CNC(=O)C(C)CN.Cl. The molecule has 1 rings (SSSR count). The van der Waals surface area contributed by atoms with E-state index in [4.69, 9.17) is 5.73 Å². The van der Waals surface area contributed by atoms with E-state index in [0.717, 1.165) is 5.56 Å². The molecule has 0 radical (unpaired) electrons. The number of benzene rings is 1. The fourth-order valence-electron chi connectivity index (χ4n) is 1.74. The van der Waals surface area contributed by atoms with E-state index in [0.29, 0.717) is 13.1 Å². The van der Waals surface area contributed by atoms with Crippen molar-refractivity contribution in [3.05, 3.63) is 35.9 Å². The zero-order chi connectivity index (χ0) is 15.0. The van der Waals surface area contributed by atoms with E-state index in [1.54, 1.807) is 11.8 Å². The Hall–Kier alpha value is -1.59. The summed E-state index contributed by atoms with van der Waals surface area (Å²) < 4.78 is 0. The van der Waals surface area contributed by atoms with Crippen molar-refractivity contribution in [3.8, 4) is 0 Å². The van der Waals surface area contributed by atoms with Crippen LogP contribution >= 0.6 is 12.4 Å². The monoisotopic (exact) mass is 313 g/mol. The number of hydrogen-bond donors (Lipinski definition) is 2. The molecule has 5 nitrogen and oxygen atoms in total. The third-order valence-electron chi connectivity index (χ3n) is 3.17. The van der Waals surface area contributed by atoms with Crippen molar-refractivity contribution in [2.45, 2.75) is 20.4 Å². The second-order valence-corrected chi connectivity index (χ2v) is 4.75. The fraction of sp³-hybridized carbons (Fsp3) is 0.467. The molecule has 6 heteroatoms. The summed E-state index contributed by atoms with van der Waals surface area (Å²) in [6, 6.07) is 9.78. The lowest BCUT2D eigenvalue weighted by molar-refractivity contribution is -0.134. The van der Waals surface area contributed by atoms with Crippen molar-refractivity contribution in [2.75, 3.05) is 19.6 Å². The van der Waals surface area contributed by atoms with Gasteiger partial charge in [-0.25, -0.2) is 0 Å². The molecule has 0 aliphatic rings. The smallest absolute Gasteiger partial charge is 0.242 e. The molecule has 118 valence electrons. The highest BCUT2D eigenvalue weighted by Gasteiger charge is 2.15. The largest absolute Gasteiger partial charge is 0.347 e. The number of halogens is 1. The molecule has 0 fully saturated rings. The molecule has 21 heavy (non-hydrogen) atoms. The van der Waals surface area contributed by atoms with Gasteiger partial charge in [-0.3, -0.25) is 9.59 Å². The summed E-state index contributed by atoms with van der Waals surface area (Å²) in [5.41, 5.74) is 6.48. The van der Waals surface area contributed by atoms with Crippen LogP contribution in [0, 0.1) is 5.92 Å². The number of nitrogens with zero attached hydrogens (tertiary/aromatic N) is 1. The summed E-state index contributed by atoms with van der Waals surface area (Å²) in [6.45, 7) is 5.12. The van der Waals surface area contributed by atoms with E-state index < -0.39 is 0 Å². The van der Waals surface area contributed by atoms with Gasteiger partial charge in [-0.1, -0.05) is 37.3 Å². The number of carbonyl (C=O) groups is 2. The van der Waals surface area contributed by atoms with Crippen LogP contribution in [-0.2, 0) is 16.1 Å². The number of hydrogen-bond acceptors (Lipinski definition) is 3. The molecule has 0 heterocycles. The standard InChI is InChI=1S/C15H23N3O2.ClH/c1-3-18(11-13-7-5-4-6-8-13)14(19)10-17-15(20)12(2)9-16;/h4-8,12H,3,9-11,16H2,1-2H3,(H,17,20);1H. The summed E-state index contributed by atoms with van der Waals surface area (Å²) in [6.07, 6.45) is 0. The Morgan fingerprint density at radius 3 is 2.43 bits per heavy atom. The molecule has 1 aromatic rings. The van der Waals surface area contributed by atoms with Crippen molar-refractivity contribution in [1.82, 2.24) is 10.2 Å². The van der Waals surface area contributed by atoms with E-state index in [1.165, 1.54) is 0 Å². The Morgan fingerprint density at radius 2 is 1.90 bits per heavy atom.